The van der Waals surface area contributed by atoms with E-state index in [4.69, 9.17) is 5.11 Å². The van der Waals surface area contributed by atoms with Gasteiger partial charge in [-0.25, -0.2) is 18.2 Å². The third-order valence-corrected chi connectivity index (χ3v) is 5.65. The van der Waals surface area contributed by atoms with Gasteiger partial charge < -0.3 is 10.2 Å². The molecule has 7 nitrogen and oxygen atoms in total. The van der Waals surface area contributed by atoms with Gasteiger partial charge in [0.1, 0.15) is 0 Å². The molecule has 0 bridgehead atoms. The standard InChI is InChI=1S/C8H10N2O5S2/c11-5-1-2-10(3-5)17(14,15)8-6(7(12)13)9-4-16-8/h4-5,11H,1-3H2,(H,12,13)/t5-/m1/s1. The first-order valence-electron chi connectivity index (χ1n) is 4.78. The zero-order chi connectivity index (χ0) is 12.6. The molecular formula is C8H10N2O5S2. The number of β-amino-alcohol motifs (C(OH)–C–C–N with tert-alkyl or cyclic N) is 1. The van der Waals surface area contributed by atoms with Gasteiger partial charge in [0.2, 0.25) is 0 Å². The van der Waals surface area contributed by atoms with Crippen molar-refractivity contribution < 1.29 is 23.4 Å². The summed E-state index contributed by atoms with van der Waals surface area (Å²) in [6.07, 6.45) is -0.327. The monoisotopic (exact) mass is 278 g/mol. The molecule has 2 heterocycles. The van der Waals surface area contributed by atoms with Crippen LogP contribution in [0.2, 0.25) is 0 Å². The Morgan fingerprint density at radius 3 is 2.82 bits per heavy atom. The molecule has 0 spiro atoms. The SMILES string of the molecule is O=C(O)c1ncsc1S(=O)(=O)N1CC[C@@H](O)C1. The van der Waals surface area contributed by atoms with Crippen LogP contribution in [0, 0.1) is 0 Å². The second kappa shape index (κ2) is 4.33. The van der Waals surface area contributed by atoms with Crippen molar-refractivity contribution in [2.75, 3.05) is 13.1 Å². The average Bonchev–Trinajstić information content (AvgIpc) is 2.84. The number of hydrogen-bond donors (Lipinski definition) is 2. The fourth-order valence-electron chi connectivity index (χ4n) is 1.61. The molecule has 2 rings (SSSR count). The van der Waals surface area contributed by atoms with E-state index in [0.29, 0.717) is 6.42 Å². The van der Waals surface area contributed by atoms with E-state index >= 15 is 0 Å². The summed E-state index contributed by atoms with van der Waals surface area (Å²) in [6.45, 7) is 0.194. The lowest BCUT2D eigenvalue weighted by Crippen LogP contribution is -2.30. The van der Waals surface area contributed by atoms with Gasteiger partial charge in [0.05, 0.1) is 11.6 Å². The average molecular weight is 278 g/mol. The topological polar surface area (TPSA) is 108 Å². The van der Waals surface area contributed by atoms with Crippen LogP contribution in [0.3, 0.4) is 0 Å². The molecule has 2 N–H and O–H groups in total. The highest BCUT2D eigenvalue weighted by Crippen LogP contribution is 2.26. The second-order valence-electron chi connectivity index (χ2n) is 3.60. The first-order chi connectivity index (χ1) is 7.93. The number of aliphatic hydroxyl groups excluding tert-OH is 1. The molecule has 9 heteroatoms. The normalized spacial score (nSPS) is 21.8. The molecule has 1 aliphatic rings. The quantitative estimate of drug-likeness (QED) is 0.778. The van der Waals surface area contributed by atoms with Crippen LogP contribution in [0.5, 0.6) is 0 Å². The molecule has 1 aromatic heterocycles. The lowest BCUT2D eigenvalue weighted by Gasteiger charge is -2.14. The molecule has 1 atom stereocenters. The maximum atomic E-state index is 12.1. The van der Waals surface area contributed by atoms with Crippen LogP contribution in [0.4, 0.5) is 0 Å². The highest BCUT2D eigenvalue weighted by Gasteiger charge is 2.35. The molecule has 0 saturated carbocycles. The molecule has 17 heavy (non-hydrogen) atoms. The van der Waals surface area contributed by atoms with E-state index in [1.165, 1.54) is 5.51 Å². The summed E-state index contributed by atoms with van der Waals surface area (Å²) in [5, 5.41) is 18.1. The fourth-order valence-corrected chi connectivity index (χ4v) is 4.38. The molecule has 1 aromatic rings. The number of carboxylic acids is 1. The van der Waals surface area contributed by atoms with Crippen LogP contribution in [-0.2, 0) is 10.0 Å². The summed E-state index contributed by atoms with van der Waals surface area (Å²) in [5.41, 5.74) is 0.722. The lowest BCUT2D eigenvalue weighted by atomic mass is 10.3. The van der Waals surface area contributed by atoms with Crippen LogP contribution in [0.1, 0.15) is 16.9 Å². The van der Waals surface area contributed by atoms with Gasteiger partial charge in [-0.1, -0.05) is 0 Å². The molecule has 0 radical (unpaired) electrons. The van der Waals surface area contributed by atoms with Gasteiger partial charge in [0, 0.05) is 13.1 Å². The minimum Gasteiger partial charge on any atom is -0.476 e. The summed E-state index contributed by atoms with van der Waals surface area (Å²) >= 11 is 0.770. The predicted octanol–water partition coefficient (Wildman–Crippen LogP) is -0.403. The van der Waals surface area contributed by atoms with Gasteiger partial charge in [-0.2, -0.15) is 4.31 Å². The third kappa shape index (κ3) is 2.18. The zero-order valence-electron chi connectivity index (χ0n) is 8.61. The van der Waals surface area contributed by atoms with Crippen LogP contribution >= 0.6 is 11.3 Å². The smallest absolute Gasteiger partial charge is 0.356 e. The van der Waals surface area contributed by atoms with Crippen molar-refractivity contribution in [3.63, 3.8) is 0 Å². The number of carbonyl (C=O) groups is 1. The Morgan fingerprint density at radius 1 is 1.59 bits per heavy atom. The molecule has 0 unspecified atom stereocenters. The molecule has 1 saturated heterocycles. The Balaban J connectivity index is 2.38. The minimum atomic E-state index is -3.86. The third-order valence-electron chi connectivity index (χ3n) is 2.44. The molecule has 0 aromatic carbocycles. The fraction of sp³-hybridized carbons (Fsp3) is 0.500. The van der Waals surface area contributed by atoms with Crippen molar-refractivity contribution in [2.24, 2.45) is 0 Å². The van der Waals surface area contributed by atoms with Gasteiger partial charge >= 0.3 is 5.97 Å². The number of thiazole rings is 1. The molecule has 0 aliphatic carbocycles. The Morgan fingerprint density at radius 2 is 2.29 bits per heavy atom. The van der Waals surface area contributed by atoms with Gasteiger partial charge in [-0.05, 0) is 6.42 Å². The van der Waals surface area contributed by atoms with Gasteiger partial charge in [0.15, 0.2) is 9.90 Å². The Labute approximate surface area is 101 Å². The molecular weight excluding hydrogens is 268 g/mol. The van der Waals surface area contributed by atoms with Gasteiger partial charge in [-0.3, -0.25) is 0 Å². The number of aliphatic hydroxyl groups is 1. The Bertz CT molecular complexity index is 538. The zero-order valence-corrected chi connectivity index (χ0v) is 10.2. The molecule has 94 valence electrons. The van der Waals surface area contributed by atoms with Gasteiger partial charge in [-0.15, -0.1) is 11.3 Å². The summed E-state index contributed by atoms with van der Waals surface area (Å²) in [5.74, 6) is -1.37. The van der Waals surface area contributed by atoms with Crippen molar-refractivity contribution in [3.8, 4) is 0 Å². The van der Waals surface area contributed by atoms with Crippen molar-refractivity contribution in [1.29, 1.82) is 0 Å². The predicted molar refractivity (Wildman–Crippen MR) is 58.5 cm³/mol. The van der Waals surface area contributed by atoms with E-state index in [1.807, 2.05) is 0 Å². The van der Waals surface area contributed by atoms with Crippen LogP contribution in [0.25, 0.3) is 0 Å². The first-order valence-corrected chi connectivity index (χ1v) is 7.10. The summed E-state index contributed by atoms with van der Waals surface area (Å²) in [7, 11) is -3.86. The maximum absolute atomic E-state index is 12.1. The van der Waals surface area contributed by atoms with Crippen molar-refractivity contribution in [2.45, 2.75) is 16.7 Å². The molecule has 0 amide bonds. The first kappa shape index (κ1) is 12.4. The second-order valence-corrected chi connectivity index (χ2v) is 6.59. The highest BCUT2D eigenvalue weighted by molar-refractivity contribution is 7.91. The maximum Gasteiger partial charge on any atom is 0.356 e. The van der Waals surface area contributed by atoms with E-state index in [1.54, 1.807) is 0 Å². The van der Waals surface area contributed by atoms with E-state index in [9.17, 15) is 18.3 Å². The van der Waals surface area contributed by atoms with E-state index in [0.717, 1.165) is 15.6 Å². The minimum absolute atomic E-state index is 0.000702. The van der Waals surface area contributed by atoms with Crippen LogP contribution in [-0.4, -0.2) is 53.1 Å². The van der Waals surface area contributed by atoms with Crippen molar-refractivity contribution in [3.05, 3.63) is 11.2 Å². The summed E-state index contributed by atoms with van der Waals surface area (Å²) < 4.78 is 25.0. The Hall–Kier alpha value is -1.03. The largest absolute Gasteiger partial charge is 0.476 e. The number of rotatable bonds is 3. The van der Waals surface area contributed by atoms with E-state index in [2.05, 4.69) is 4.98 Å². The number of aromatic carboxylic acids is 1. The summed E-state index contributed by atoms with van der Waals surface area (Å²) in [6, 6.07) is 0. The van der Waals surface area contributed by atoms with E-state index in [-0.39, 0.29) is 17.3 Å². The highest BCUT2D eigenvalue weighted by atomic mass is 32.2. The number of hydrogen-bond acceptors (Lipinski definition) is 6. The van der Waals surface area contributed by atoms with Gasteiger partial charge in [0.25, 0.3) is 10.0 Å². The van der Waals surface area contributed by atoms with Crippen molar-refractivity contribution in [1.82, 2.24) is 9.29 Å². The lowest BCUT2D eigenvalue weighted by molar-refractivity contribution is 0.0687. The number of carboxylic acid groups (broad SMARTS) is 1. The number of nitrogens with zero attached hydrogens (tertiary/aromatic N) is 2. The number of sulfonamides is 1. The molecule has 1 fully saturated rings. The molecule has 1 aliphatic heterocycles. The van der Waals surface area contributed by atoms with Crippen LogP contribution in [0.15, 0.2) is 9.72 Å². The van der Waals surface area contributed by atoms with E-state index < -0.39 is 27.8 Å². The van der Waals surface area contributed by atoms with Crippen molar-refractivity contribution >= 4 is 27.3 Å². The summed E-state index contributed by atoms with van der Waals surface area (Å²) in [4.78, 5) is 14.3. The number of aromatic nitrogens is 1. The van der Waals surface area contributed by atoms with Crippen LogP contribution < -0.4 is 0 Å². The Kier molecular flexibility index (Phi) is 3.17.